The summed E-state index contributed by atoms with van der Waals surface area (Å²) in [5.41, 5.74) is 5.14. The van der Waals surface area contributed by atoms with Crippen LogP contribution in [0.2, 0.25) is 0 Å². The SMILES string of the molecule is CCCC1=C(C(=O)OC(C)C)C(c2ccc(OCc3cc(C)ccc3C)c(OCC)c2)NC(=O)N1. The monoisotopic (exact) mass is 480 g/mol. The molecule has 2 aromatic carbocycles. The number of amides is 2. The topological polar surface area (TPSA) is 85.9 Å². The van der Waals surface area contributed by atoms with Gasteiger partial charge in [0, 0.05) is 5.70 Å². The van der Waals surface area contributed by atoms with Crippen LogP contribution in [0.15, 0.2) is 47.7 Å². The van der Waals surface area contributed by atoms with Crippen molar-refractivity contribution in [2.75, 3.05) is 6.61 Å². The highest BCUT2D eigenvalue weighted by molar-refractivity contribution is 5.95. The molecular formula is C28H36N2O5. The van der Waals surface area contributed by atoms with Gasteiger partial charge in [0.25, 0.3) is 0 Å². The number of benzene rings is 2. The number of carbonyl (C=O) groups excluding carboxylic acids is 2. The van der Waals surface area contributed by atoms with E-state index >= 15 is 0 Å². The Morgan fingerprint density at radius 2 is 1.80 bits per heavy atom. The summed E-state index contributed by atoms with van der Waals surface area (Å²) in [5, 5.41) is 5.67. The molecule has 0 aromatic heterocycles. The van der Waals surface area contributed by atoms with Gasteiger partial charge >= 0.3 is 12.0 Å². The first-order valence-electron chi connectivity index (χ1n) is 12.2. The highest BCUT2D eigenvalue weighted by Crippen LogP contribution is 2.36. The maximum Gasteiger partial charge on any atom is 0.338 e. The van der Waals surface area contributed by atoms with Crippen LogP contribution in [-0.4, -0.2) is 24.7 Å². The molecule has 0 bridgehead atoms. The lowest BCUT2D eigenvalue weighted by Gasteiger charge is -2.30. The zero-order valence-electron chi connectivity index (χ0n) is 21.5. The standard InChI is InChI=1S/C28H36N2O5/c1-7-9-22-25(27(31)35-17(3)4)26(30-28(32)29-22)20-12-13-23(24(15-20)33-8-2)34-16-21-14-18(5)10-11-19(21)6/h10-15,17,26H,7-9,16H2,1-6H3,(H2,29,30,32). The van der Waals surface area contributed by atoms with Gasteiger partial charge in [0.1, 0.15) is 6.61 Å². The van der Waals surface area contributed by atoms with Gasteiger partial charge in [-0.05, 0) is 69.9 Å². The van der Waals surface area contributed by atoms with Crippen LogP contribution < -0.4 is 20.1 Å². The summed E-state index contributed by atoms with van der Waals surface area (Å²) in [6.45, 7) is 12.5. The third-order valence-corrected chi connectivity index (χ3v) is 5.71. The summed E-state index contributed by atoms with van der Waals surface area (Å²) in [5.74, 6) is 0.701. The quantitative estimate of drug-likeness (QED) is 0.430. The second-order valence-corrected chi connectivity index (χ2v) is 8.99. The van der Waals surface area contributed by atoms with E-state index in [0.29, 0.717) is 48.0 Å². The highest BCUT2D eigenvalue weighted by atomic mass is 16.5. The average molecular weight is 481 g/mol. The Morgan fingerprint density at radius 3 is 2.49 bits per heavy atom. The number of carbonyl (C=O) groups is 2. The summed E-state index contributed by atoms with van der Waals surface area (Å²) in [6.07, 6.45) is 1.05. The second kappa shape index (κ2) is 11.8. The van der Waals surface area contributed by atoms with Gasteiger partial charge in [-0.3, -0.25) is 0 Å². The minimum atomic E-state index is -0.663. The van der Waals surface area contributed by atoms with Crippen molar-refractivity contribution >= 4 is 12.0 Å². The van der Waals surface area contributed by atoms with Crippen LogP contribution in [0.4, 0.5) is 4.79 Å². The minimum absolute atomic E-state index is 0.281. The van der Waals surface area contributed by atoms with Crippen molar-refractivity contribution in [2.45, 2.75) is 73.1 Å². The molecule has 0 saturated carbocycles. The van der Waals surface area contributed by atoms with Crippen molar-refractivity contribution in [3.8, 4) is 11.5 Å². The van der Waals surface area contributed by atoms with Gasteiger partial charge in [-0.15, -0.1) is 0 Å². The van der Waals surface area contributed by atoms with Crippen molar-refractivity contribution in [1.29, 1.82) is 0 Å². The number of ether oxygens (including phenoxy) is 3. The molecule has 3 rings (SSSR count). The molecule has 0 fully saturated rings. The molecule has 7 heteroatoms. The average Bonchev–Trinajstić information content (AvgIpc) is 2.79. The lowest BCUT2D eigenvalue weighted by atomic mass is 9.93. The van der Waals surface area contributed by atoms with Crippen LogP contribution in [0.25, 0.3) is 0 Å². The molecule has 1 aliphatic heterocycles. The van der Waals surface area contributed by atoms with Crippen molar-refractivity contribution in [3.05, 3.63) is 69.9 Å². The molecular weight excluding hydrogens is 444 g/mol. The van der Waals surface area contributed by atoms with E-state index in [0.717, 1.165) is 17.5 Å². The van der Waals surface area contributed by atoms with E-state index in [1.165, 1.54) is 5.56 Å². The number of aryl methyl sites for hydroxylation is 2. The Kier molecular flexibility index (Phi) is 8.79. The molecule has 35 heavy (non-hydrogen) atoms. The van der Waals surface area contributed by atoms with E-state index in [2.05, 4.69) is 42.7 Å². The van der Waals surface area contributed by atoms with E-state index < -0.39 is 12.0 Å². The zero-order chi connectivity index (χ0) is 25.5. The number of hydrogen-bond acceptors (Lipinski definition) is 5. The lowest BCUT2D eigenvalue weighted by molar-refractivity contribution is -0.143. The third kappa shape index (κ3) is 6.56. The molecule has 0 spiro atoms. The molecule has 1 atom stereocenters. The molecule has 0 aliphatic carbocycles. The van der Waals surface area contributed by atoms with E-state index in [9.17, 15) is 9.59 Å². The summed E-state index contributed by atoms with van der Waals surface area (Å²) >= 11 is 0. The Bertz CT molecular complexity index is 1110. The van der Waals surface area contributed by atoms with Gasteiger partial charge < -0.3 is 24.8 Å². The third-order valence-electron chi connectivity index (χ3n) is 5.71. The van der Waals surface area contributed by atoms with Gasteiger partial charge in [0.05, 0.1) is 24.3 Å². The fraction of sp³-hybridized carbons (Fsp3) is 0.429. The van der Waals surface area contributed by atoms with Gasteiger partial charge in [0.2, 0.25) is 0 Å². The number of esters is 1. The summed E-state index contributed by atoms with van der Waals surface area (Å²) in [7, 11) is 0. The molecule has 188 valence electrons. The largest absolute Gasteiger partial charge is 0.490 e. The second-order valence-electron chi connectivity index (χ2n) is 8.99. The van der Waals surface area contributed by atoms with Crippen LogP contribution in [0.1, 0.15) is 68.8 Å². The van der Waals surface area contributed by atoms with Crippen LogP contribution in [-0.2, 0) is 16.1 Å². The summed E-state index contributed by atoms with van der Waals surface area (Å²) < 4.78 is 17.5. The number of allylic oxidation sites excluding steroid dienone is 1. The van der Waals surface area contributed by atoms with Gasteiger partial charge in [-0.1, -0.05) is 43.2 Å². The molecule has 1 unspecified atom stereocenters. The first-order chi connectivity index (χ1) is 16.7. The van der Waals surface area contributed by atoms with Gasteiger partial charge in [0.15, 0.2) is 11.5 Å². The Hall–Kier alpha value is -3.48. The molecule has 2 N–H and O–H groups in total. The Balaban J connectivity index is 1.96. The smallest absolute Gasteiger partial charge is 0.338 e. The van der Waals surface area contributed by atoms with Gasteiger partial charge in [-0.25, -0.2) is 9.59 Å². The fourth-order valence-corrected chi connectivity index (χ4v) is 4.04. The molecule has 1 aliphatic rings. The van der Waals surface area contributed by atoms with E-state index in [-0.39, 0.29) is 12.1 Å². The predicted molar refractivity (Wildman–Crippen MR) is 135 cm³/mol. The van der Waals surface area contributed by atoms with E-state index in [1.54, 1.807) is 13.8 Å². The highest BCUT2D eigenvalue weighted by Gasteiger charge is 2.34. The Labute approximate surface area is 207 Å². The number of rotatable bonds is 10. The van der Waals surface area contributed by atoms with Crippen LogP contribution in [0.5, 0.6) is 11.5 Å². The Morgan fingerprint density at radius 1 is 1.03 bits per heavy atom. The molecule has 2 amide bonds. The van der Waals surface area contributed by atoms with Crippen molar-refractivity contribution in [3.63, 3.8) is 0 Å². The predicted octanol–water partition coefficient (Wildman–Crippen LogP) is 5.64. The minimum Gasteiger partial charge on any atom is -0.490 e. The van der Waals surface area contributed by atoms with Crippen LogP contribution in [0, 0.1) is 13.8 Å². The maximum absolute atomic E-state index is 13.1. The van der Waals surface area contributed by atoms with Crippen LogP contribution in [0.3, 0.4) is 0 Å². The summed E-state index contributed by atoms with van der Waals surface area (Å²) in [4.78, 5) is 25.5. The molecule has 0 radical (unpaired) electrons. The molecule has 0 saturated heterocycles. The fourth-order valence-electron chi connectivity index (χ4n) is 4.04. The molecule has 1 heterocycles. The number of nitrogens with one attached hydrogen (secondary N) is 2. The summed E-state index contributed by atoms with van der Waals surface area (Å²) in [6, 6.07) is 10.8. The lowest BCUT2D eigenvalue weighted by Crippen LogP contribution is -2.46. The first kappa shape index (κ1) is 26.1. The van der Waals surface area contributed by atoms with Gasteiger partial charge in [-0.2, -0.15) is 0 Å². The molecule has 7 nitrogen and oxygen atoms in total. The van der Waals surface area contributed by atoms with E-state index in [1.807, 2.05) is 32.0 Å². The van der Waals surface area contributed by atoms with Crippen LogP contribution >= 0.6 is 0 Å². The zero-order valence-corrected chi connectivity index (χ0v) is 21.5. The first-order valence-corrected chi connectivity index (χ1v) is 12.2. The number of hydrogen-bond donors (Lipinski definition) is 2. The maximum atomic E-state index is 13.1. The molecule has 2 aromatic rings. The van der Waals surface area contributed by atoms with Crippen molar-refractivity contribution in [1.82, 2.24) is 10.6 Å². The van der Waals surface area contributed by atoms with Crippen molar-refractivity contribution < 1.29 is 23.8 Å². The van der Waals surface area contributed by atoms with E-state index in [4.69, 9.17) is 14.2 Å². The van der Waals surface area contributed by atoms with Crippen molar-refractivity contribution in [2.24, 2.45) is 0 Å². The number of urea groups is 1. The normalized spacial score (nSPS) is 15.5.